The Balaban J connectivity index is 1.41. The first-order chi connectivity index (χ1) is 16.1. The van der Waals surface area contributed by atoms with Crippen LogP contribution in [0.1, 0.15) is 21.5 Å². The van der Waals surface area contributed by atoms with Crippen LogP contribution in [0.2, 0.25) is 0 Å². The summed E-state index contributed by atoms with van der Waals surface area (Å²) >= 11 is 0. The highest BCUT2D eigenvalue weighted by molar-refractivity contribution is 5.91. The smallest absolute Gasteiger partial charge is 0.346 e. The molecule has 0 aliphatic heterocycles. The fourth-order valence-corrected chi connectivity index (χ4v) is 3.07. The fraction of sp³-hybridized carbons (Fsp3) is 0.0741. The second kappa shape index (κ2) is 10.4. The van der Waals surface area contributed by atoms with E-state index < -0.39 is 23.2 Å². The molecule has 0 amide bonds. The van der Waals surface area contributed by atoms with E-state index in [1.807, 2.05) is 48.5 Å². The summed E-state index contributed by atoms with van der Waals surface area (Å²) < 4.78 is 45.3. The fourth-order valence-electron chi connectivity index (χ4n) is 3.07. The van der Waals surface area contributed by atoms with Gasteiger partial charge < -0.3 is 14.2 Å². The molecule has 166 valence electrons. The molecule has 0 atom stereocenters. The summed E-state index contributed by atoms with van der Waals surface area (Å²) in [5.41, 5.74) is 1.25. The van der Waals surface area contributed by atoms with Gasteiger partial charge in [-0.25, -0.2) is 9.18 Å². The summed E-state index contributed by atoms with van der Waals surface area (Å²) in [5, 5.41) is 0. The molecule has 0 aliphatic carbocycles. The van der Waals surface area contributed by atoms with E-state index in [9.17, 15) is 13.6 Å². The molecular formula is C27H20F2O4. The van der Waals surface area contributed by atoms with Crippen LogP contribution in [0.15, 0.2) is 97.1 Å². The quantitative estimate of drug-likeness (QED) is 0.234. The van der Waals surface area contributed by atoms with Gasteiger partial charge in [0.2, 0.25) is 5.82 Å². The lowest BCUT2D eigenvalue weighted by Crippen LogP contribution is -2.12. The summed E-state index contributed by atoms with van der Waals surface area (Å²) in [4.78, 5) is 12.5. The standard InChI is InChI=1S/C27H20F2O4/c28-25-23(14-15-24(26(25)29)32-18-20-10-5-2-6-11-20)27(30)33-22-13-7-12-21(16-22)31-17-19-8-3-1-4-9-19/h1-16H,17-18H2. The van der Waals surface area contributed by atoms with E-state index in [-0.39, 0.29) is 18.1 Å². The topological polar surface area (TPSA) is 44.8 Å². The lowest BCUT2D eigenvalue weighted by molar-refractivity contribution is 0.0728. The van der Waals surface area contributed by atoms with Crippen LogP contribution in [0.4, 0.5) is 8.78 Å². The molecule has 0 bridgehead atoms. The van der Waals surface area contributed by atoms with E-state index in [4.69, 9.17) is 14.2 Å². The van der Waals surface area contributed by atoms with Crippen molar-refractivity contribution in [3.05, 3.63) is 125 Å². The van der Waals surface area contributed by atoms with Gasteiger partial charge in [0.05, 0.1) is 5.56 Å². The van der Waals surface area contributed by atoms with Crippen LogP contribution in [-0.4, -0.2) is 5.97 Å². The van der Waals surface area contributed by atoms with Crippen molar-refractivity contribution >= 4 is 5.97 Å². The summed E-state index contributed by atoms with van der Waals surface area (Å²) in [6, 6.07) is 27.4. The van der Waals surface area contributed by atoms with Crippen molar-refractivity contribution in [3.8, 4) is 17.2 Å². The van der Waals surface area contributed by atoms with Crippen LogP contribution < -0.4 is 14.2 Å². The molecule has 0 fully saturated rings. The van der Waals surface area contributed by atoms with Crippen LogP contribution in [0.5, 0.6) is 17.2 Å². The molecule has 0 N–H and O–H groups in total. The molecule has 0 heterocycles. The molecule has 0 unspecified atom stereocenters. The summed E-state index contributed by atoms with van der Waals surface area (Å²) in [6.07, 6.45) is 0. The van der Waals surface area contributed by atoms with Gasteiger partial charge in [-0.05, 0) is 35.4 Å². The molecule has 4 rings (SSSR count). The Bertz CT molecular complexity index is 1230. The number of halogens is 2. The van der Waals surface area contributed by atoms with Gasteiger partial charge in [-0.15, -0.1) is 0 Å². The third-order valence-electron chi connectivity index (χ3n) is 4.77. The Labute approximate surface area is 190 Å². The molecule has 0 aromatic heterocycles. The second-order valence-electron chi connectivity index (χ2n) is 7.15. The molecule has 0 radical (unpaired) electrons. The Morgan fingerprint density at radius 1 is 0.636 bits per heavy atom. The van der Waals surface area contributed by atoms with Gasteiger partial charge in [0.1, 0.15) is 24.7 Å². The molecule has 0 saturated carbocycles. The minimum absolute atomic E-state index is 0.0662. The van der Waals surface area contributed by atoms with Gasteiger partial charge in [-0.3, -0.25) is 0 Å². The van der Waals surface area contributed by atoms with Crippen molar-refractivity contribution < 1.29 is 27.8 Å². The Kier molecular flexibility index (Phi) is 6.95. The van der Waals surface area contributed by atoms with E-state index >= 15 is 0 Å². The zero-order valence-corrected chi connectivity index (χ0v) is 17.5. The summed E-state index contributed by atoms with van der Waals surface area (Å²) in [6.45, 7) is 0.402. The molecule has 4 aromatic rings. The predicted molar refractivity (Wildman–Crippen MR) is 119 cm³/mol. The predicted octanol–water partition coefficient (Wildman–Crippen LogP) is 6.34. The highest BCUT2D eigenvalue weighted by atomic mass is 19.2. The first kappa shape index (κ1) is 22.0. The van der Waals surface area contributed by atoms with Gasteiger partial charge in [0.25, 0.3) is 0 Å². The molecule has 4 aromatic carbocycles. The van der Waals surface area contributed by atoms with Crippen molar-refractivity contribution in [3.63, 3.8) is 0 Å². The van der Waals surface area contributed by atoms with Crippen molar-refractivity contribution in [2.45, 2.75) is 13.2 Å². The number of hydrogen-bond donors (Lipinski definition) is 0. The molecule has 6 heteroatoms. The maximum Gasteiger partial charge on any atom is 0.346 e. The molecule has 4 nitrogen and oxygen atoms in total. The average Bonchev–Trinajstić information content (AvgIpc) is 2.85. The van der Waals surface area contributed by atoms with Crippen molar-refractivity contribution in [2.24, 2.45) is 0 Å². The third kappa shape index (κ3) is 5.74. The molecule has 0 spiro atoms. The number of esters is 1. The van der Waals surface area contributed by atoms with E-state index in [1.165, 1.54) is 18.2 Å². The summed E-state index contributed by atoms with van der Waals surface area (Å²) in [5.74, 6) is -3.27. The summed E-state index contributed by atoms with van der Waals surface area (Å²) in [7, 11) is 0. The minimum atomic E-state index is -1.33. The first-order valence-corrected chi connectivity index (χ1v) is 10.2. The van der Waals surface area contributed by atoms with E-state index in [0.29, 0.717) is 12.4 Å². The average molecular weight is 446 g/mol. The lowest BCUT2D eigenvalue weighted by atomic mass is 10.2. The van der Waals surface area contributed by atoms with Crippen LogP contribution in [0.25, 0.3) is 0 Å². The first-order valence-electron chi connectivity index (χ1n) is 10.2. The third-order valence-corrected chi connectivity index (χ3v) is 4.77. The van der Waals surface area contributed by atoms with Gasteiger partial charge in [0, 0.05) is 6.07 Å². The normalized spacial score (nSPS) is 10.5. The van der Waals surface area contributed by atoms with Crippen LogP contribution >= 0.6 is 0 Å². The van der Waals surface area contributed by atoms with Crippen LogP contribution in [-0.2, 0) is 13.2 Å². The SMILES string of the molecule is O=C(Oc1cccc(OCc2ccccc2)c1)c1ccc(OCc2ccccc2)c(F)c1F. The second-order valence-corrected chi connectivity index (χ2v) is 7.15. The van der Waals surface area contributed by atoms with Crippen LogP contribution in [0.3, 0.4) is 0 Å². The van der Waals surface area contributed by atoms with Gasteiger partial charge in [0.15, 0.2) is 11.6 Å². The van der Waals surface area contributed by atoms with Crippen molar-refractivity contribution in [1.29, 1.82) is 0 Å². The Hall–Kier alpha value is -4.19. The van der Waals surface area contributed by atoms with Crippen LogP contribution in [0, 0.1) is 11.6 Å². The number of benzene rings is 4. The molecule has 0 saturated heterocycles. The number of rotatable bonds is 8. The maximum absolute atomic E-state index is 14.5. The number of hydrogen-bond acceptors (Lipinski definition) is 4. The Morgan fingerprint density at radius 3 is 1.91 bits per heavy atom. The van der Waals surface area contributed by atoms with Gasteiger partial charge >= 0.3 is 5.97 Å². The monoisotopic (exact) mass is 446 g/mol. The number of carbonyl (C=O) groups excluding carboxylic acids is 1. The highest BCUT2D eigenvalue weighted by Gasteiger charge is 2.21. The van der Waals surface area contributed by atoms with Crippen molar-refractivity contribution in [2.75, 3.05) is 0 Å². The maximum atomic E-state index is 14.5. The molecule has 33 heavy (non-hydrogen) atoms. The zero-order valence-electron chi connectivity index (χ0n) is 17.5. The minimum Gasteiger partial charge on any atom is -0.489 e. The van der Waals surface area contributed by atoms with Crippen molar-refractivity contribution in [1.82, 2.24) is 0 Å². The van der Waals surface area contributed by atoms with E-state index in [2.05, 4.69) is 0 Å². The Morgan fingerprint density at radius 2 is 1.24 bits per heavy atom. The molecule has 0 aliphatic rings. The van der Waals surface area contributed by atoms with Gasteiger partial charge in [-0.1, -0.05) is 66.7 Å². The van der Waals surface area contributed by atoms with E-state index in [0.717, 1.165) is 17.2 Å². The lowest BCUT2D eigenvalue weighted by Gasteiger charge is -2.11. The number of ether oxygens (including phenoxy) is 3. The largest absolute Gasteiger partial charge is 0.489 e. The van der Waals surface area contributed by atoms with Gasteiger partial charge in [-0.2, -0.15) is 4.39 Å². The van der Waals surface area contributed by atoms with E-state index in [1.54, 1.807) is 24.3 Å². The number of carbonyl (C=O) groups is 1. The zero-order chi connectivity index (χ0) is 23.0. The highest BCUT2D eigenvalue weighted by Crippen LogP contribution is 2.26. The molecular weight excluding hydrogens is 426 g/mol.